The van der Waals surface area contributed by atoms with E-state index in [9.17, 15) is 9.59 Å². The van der Waals surface area contributed by atoms with Crippen LogP contribution in [0.15, 0.2) is 12.1 Å². The highest BCUT2D eigenvalue weighted by molar-refractivity contribution is 6.02. The number of aliphatic carboxylic acids is 1. The van der Waals surface area contributed by atoms with Gasteiger partial charge in [0, 0.05) is 5.39 Å². The first-order chi connectivity index (χ1) is 10.9. The Balaban J connectivity index is 2.49. The van der Waals surface area contributed by atoms with Crippen molar-refractivity contribution in [1.29, 1.82) is 0 Å². The molecule has 0 aliphatic rings. The molecule has 0 saturated heterocycles. The van der Waals surface area contributed by atoms with Crippen LogP contribution in [-0.4, -0.2) is 49.3 Å². The number of hydrogen-bond acceptors (Lipinski definition) is 5. The summed E-state index contributed by atoms with van der Waals surface area (Å²) in [7, 11) is 4.46. The van der Waals surface area contributed by atoms with Gasteiger partial charge in [-0.1, -0.05) is 0 Å². The molecule has 3 N–H and O–H groups in total. The predicted molar refractivity (Wildman–Crippen MR) is 82.5 cm³/mol. The second-order valence-electron chi connectivity index (χ2n) is 4.83. The molecular weight excluding hydrogens is 304 g/mol. The molecule has 124 valence electrons. The summed E-state index contributed by atoms with van der Waals surface area (Å²) in [6, 6.07) is 2.29. The zero-order valence-electron chi connectivity index (χ0n) is 13.2. The second kappa shape index (κ2) is 6.47. The van der Waals surface area contributed by atoms with Gasteiger partial charge in [0.15, 0.2) is 11.5 Å². The molecule has 2 aromatic rings. The van der Waals surface area contributed by atoms with Crippen LogP contribution in [0.2, 0.25) is 0 Å². The Labute approximate surface area is 132 Å². The zero-order valence-corrected chi connectivity index (χ0v) is 13.2. The lowest BCUT2D eigenvalue weighted by atomic mass is 10.2. The summed E-state index contributed by atoms with van der Waals surface area (Å²) in [6.07, 6.45) is 0. The van der Waals surface area contributed by atoms with E-state index in [1.165, 1.54) is 28.3 Å². The quantitative estimate of drug-likeness (QED) is 0.741. The van der Waals surface area contributed by atoms with Crippen LogP contribution in [-0.2, 0) is 4.79 Å². The third kappa shape index (κ3) is 3.01. The van der Waals surface area contributed by atoms with Crippen molar-refractivity contribution in [2.45, 2.75) is 13.0 Å². The average Bonchev–Trinajstić information content (AvgIpc) is 2.96. The summed E-state index contributed by atoms with van der Waals surface area (Å²) in [5.74, 6) is -0.393. The van der Waals surface area contributed by atoms with E-state index < -0.39 is 17.9 Å². The van der Waals surface area contributed by atoms with Crippen molar-refractivity contribution < 1.29 is 28.9 Å². The van der Waals surface area contributed by atoms with Crippen molar-refractivity contribution in [2.24, 2.45) is 0 Å². The van der Waals surface area contributed by atoms with E-state index in [1.807, 2.05) is 0 Å². The molecule has 1 aromatic heterocycles. The number of carbonyl (C=O) groups excluding carboxylic acids is 1. The number of benzene rings is 1. The van der Waals surface area contributed by atoms with Gasteiger partial charge in [0.25, 0.3) is 5.91 Å². The third-order valence-electron chi connectivity index (χ3n) is 3.38. The van der Waals surface area contributed by atoms with Gasteiger partial charge in [0.1, 0.15) is 11.7 Å². The standard InChI is InChI=1S/C15H18N2O6/c1-7(15(19)20)16-14(18)9-5-8-6-10(21-2)12(22-3)13(23-4)11(8)17-9/h5-7,17H,1-4H3,(H,16,18)(H,19,20)/t7-/m1/s1. The van der Waals surface area contributed by atoms with Crippen LogP contribution in [0.4, 0.5) is 0 Å². The highest BCUT2D eigenvalue weighted by Crippen LogP contribution is 2.43. The minimum atomic E-state index is -1.12. The third-order valence-corrected chi connectivity index (χ3v) is 3.38. The maximum absolute atomic E-state index is 12.1. The van der Waals surface area contributed by atoms with Crippen LogP contribution in [0.25, 0.3) is 10.9 Å². The lowest BCUT2D eigenvalue weighted by Gasteiger charge is -2.12. The molecule has 23 heavy (non-hydrogen) atoms. The Hall–Kier alpha value is -2.90. The van der Waals surface area contributed by atoms with E-state index >= 15 is 0 Å². The number of aromatic nitrogens is 1. The van der Waals surface area contributed by atoms with Crippen LogP contribution in [0.5, 0.6) is 17.2 Å². The van der Waals surface area contributed by atoms with E-state index in [2.05, 4.69) is 10.3 Å². The monoisotopic (exact) mass is 322 g/mol. The lowest BCUT2D eigenvalue weighted by molar-refractivity contribution is -0.138. The summed E-state index contributed by atoms with van der Waals surface area (Å²) in [4.78, 5) is 25.9. The molecule has 8 nitrogen and oxygen atoms in total. The number of fused-ring (bicyclic) bond motifs is 1. The number of carboxylic acids is 1. The topological polar surface area (TPSA) is 110 Å². The molecule has 0 spiro atoms. The molecule has 1 aromatic carbocycles. The molecule has 0 unspecified atom stereocenters. The number of hydrogen-bond donors (Lipinski definition) is 3. The second-order valence-corrected chi connectivity index (χ2v) is 4.83. The SMILES string of the molecule is COc1cc2cc(C(=O)N[C@H](C)C(=O)O)[nH]c2c(OC)c1OC. The van der Waals surface area contributed by atoms with Crippen LogP contribution in [0.3, 0.4) is 0 Å². The number of ether oxygens (including phenoxy) is 3. The largest absolute Gasteiger partial charge is 0.493 e. The number of nitrogens with one attached hydrogen (secondary N) is 2. The summed E-state index contributed by atoms with van der Waals surface area (Å²) in [5, 5.41) is 11.9. The van der Waals surface area contributed by atoms with Crippen LogP contribution >= 0.6 is 0 Å². The van der Waals surface area contributed by atoms with Gasteiger partial charge in [-0.05, 0) is 19.1 Å². The van der Waals surface area contributed by atoms with Crippen LogP contribution in [0.1, 0.15) is 17.4 Å². The van der Waals surface area contributed by atoms with Crippen molar-refractivity contribution >= 4 is 22.8 Å². The van der Waals surface area contributed by atoms with Gasteiger partial charge in [-0.15, -0.1) is 0 Å². The van der Waals surface area contributed by atoms with Crippen molar-refractivity contribution in [2.75, 3.05) is 21.3 Å². The number of methoxy groups -OCH3 is 3. The van der Waals surface area contributed by atoms with Gasteiger partial charge in [0.2, 0.25) is 5.75 Å². The fraction of sp³-hybridized carbons (Fsp3) is 0.333. The fourth-order valence-electron chi connectivity index (χ4n) is 2.20. The number of rotatable bonds is 6. The Bertz CT molecular complexity index is 752. The molecule has 0 fully saturated rings. The smallest absolute Gasteiger partial charge is 0.325 e. The summed E-state index contributed by atoms with van der Waals surface area (Å²) < 4.78 is 15.9. The molecule has 8 heteroatoms. The first-order valence-corrected chi connectivity index (χ1v) is 6.78. The zero-order chi connectivity index (χ0) is 17.1. The molecular formula is C15H18N2O6. The Morgan fingerprint density at radius 3 is 2.30 bits per heavy atom. The maximum Gasteiger partial charge on any atom is 0.325 e. The highest BCUT2D eigenvalue weighted by atomic mass is 16.5. The van der Waals surface area contributed by atoms with Crippen LogP contribution in [0, 0.1) is 0 Å². The van der Waals surface area contributed by atoms with Gasteiger partial charge in [-0.25, -0.2) is 0 Å². The minimum absolute atomic E-state index is 0.210. The summed E-state index contributed by atoms with van der Waals surface area (Å²) in [6.45, 7) is 1.38. The van der Waals surface area contributed by atoms with Gasteiger partial charge >= 0.3 is 5.97 Å². The first-order valence-electron chi connectivity index (χ1n) is 6.78. The van der Waals surface area contributed by atoms with Crippen molar-refractivity contribution in [3.05, 3.63) is 17.8 Å². The van der Waals surface area contributed by atoms with E-state index in [0.717, 1.165) is 0 Å². The number of carbonyl (C=O) groups is 2. The normalized spacial score (nSPS) is 11.8. The molecule has 0 bridgehead atoms. The molecule has 0 saturated carbocycles. The van der Waals surface area contributed by atoms with Crippen molar-refractivity contribution in [3.63, 3.8) is 0 Å². The van der Waals surface area contributed by atoms with Crippen molar-refractivity contribution in [1.82, 2.24) is 10.3 Å². The minimum Gasteiger partial charge on any atom is -0.493 e. The van der Waals surface area contributed by atoms with Gasteiger partial charge in [-0.2, -0.15) is 0 Å². The maximum atomic E-state index is 12.1. The van der Waals surface area contributed by atoms with E-state index in [-0.39, 0.29) is 5.69 Å². The number of amides is 1. The van der Waals surface area contributed by atoms with Gasteiger partial charge in [0.05, 0.1) is 26.8 Å². The van der Waals surface area contributed by atoms with Crippen LogP contribution < -0.4 is 19.5 Å². The van der Waals surface area contributed by atoms with E-state index in [0.29, 0.717) is 28.2 Å². The van der Waals surface area contributed by atoms with Crippen molar-refractivity contribution in [3.8, 4) is 17.2 Å². The lowest BCUT2D eigenvalue weighted by Crippen LogP contribution is -2.38. The molecule has 0 aliphatic carbocycles. The molecule has 1 atom stereocenters. The highest BCUT2D eigenvalue weighted by Gasteiger charge is 2.21. The van der Waals surface area contributed by atoms with Gasteiger partial charge in [-0.3, -0.25) is 9.59 Å². The molecule has 2 rings (SSSR count). The van der Waals surface area contributed by atoms with E-state index in [4.69, 9.17) is 19.3 Å². The fourth-order valence-corrected chi connectivity index (χ4v) is 2.20. The Kier molecular flexibility index (Phi) is 4.63. The molecule has 0 aliphatic heterocycles. The molecule has 0 radical (unpaired) electrons. The Morgan fingerprint density at radius 1 is 1.13 bits per heavy atom. The number of H-pyrrole nitrogens is 1. The summed E-state index contributed by atoms with van der Waals surface area (Å²) in [5.41, 5.74) is 0.764. The van der Waals surface area contributed by atoms with E-state index in [1.54, 1.807) is 12.1 Å². The molecule has 1 heterocycles. The van der Waals surface area contributed by atoms with Gasteiger partial charge < -0.3 is 29.6 Å². The Morgan fingerprint density at radius 2 is 1.78 bits per heavy atom. The number of aromatic amines is 1. The average molecular weight is 322 g/mol. The predicted octanol–water partition coefficient (Wildman–Crippen LogP) is 1.40. The number of carboxylic acid groups (broad SMARTS) is 1. The molecule has 1 amide bonds. The summed E-state index contributed by atoms with van der Waals surface area (Å²) >= 11 is 0. The first kappa shape index (κ1) is 16.5.